The van der Waals surface area contributed by atoms with Crippen molar-refractivity contribution in [2.24, 2.45) is 0 Å². The summed E-state index contributed by atoms with van der Waals surface area (Å²) >= 11 is 3.07. The van der Waals surface area contributed by atoms with Crippen molar-refractivity contribution in [3.63, 3.8) is 0 Å². The zero-order chi connectivity index (χ0) is 10.4. The standard InChI is InChI=1S/C10H12BrNO2/c11-7-10(14)12-6-5-8-1-3-9(13)4-2-8/h1-4,13H,5-7H2,(H,12,14). The van der Waals surface area contributed by atoms with Crippen molar-refractivity contribution < 1.29 is 9.90 Å². The largest absolute Gasteiger partial charge is 0.508 e. The highest BCUT2D eigenvalue weighted by Crippen LogP contribution is 2.09. The zero-order valence-electron chi connectivity index (χ0n) is 7.66. The first-order valence-corrected chi connectivity index (χ1v) is 5.45. The molecule has 0 radical (unpaired) electrons. The number of aromatic hydroxyl groups is 1. The minimum absolute atomic E-state index is 0.0104. The molecule has 0 unspecified atom stereocenters. The van der Waals surface area contributed by atoms with E-state index in [0.717, 1.165) is 12.0 Å². The van der Waals surface area contributed by atoms with E-state index < -0.39 is 0 Å². The van der Waals surface area contributed by atoms with Crippen LogP contribution < -0.4 is 5.32 Å². The lowest BCUT2D eigenvalue weighted by molar-refractivity contribution is -0.118. The maximum Gasteiger partial charge on any atom is 0.230 e. The highest BCUT2D eigenvalue weighted by Gasteiger charge is 1.97. The Morgan fingerprint density at radius 3 is 2.57 bits per heavy atom. The lowest BCUT2D eigenvalue weighted by Crippen LogP contribution is -2.26. The Balaban J connectivity index is 2.31. The summed E-state index contributed by atoms with van der Waals surface area (Å²) in [7, 11) is 0. The van der Waals surface area contributed by atoms with Crippen molar-refractivity contribution in [2.45, 2.75) is 6.42 Å². The van der Waals surface area contributed by atoms with Crippen LogP contribution in [0.1, 0.15) is 5.56 Å². The summed E-state index contributed by atoms with van der Waals surface area (Å²) in [5, 5.41) is 12.1. The van der Waals surface area contributed by atoms with Gasteiger partial charge in [-0.3, -0.25) is 4.79 Å². The van der Waals surface area contributed by atoms with Crippen LogP contribution in [-0.4, -0.2) is 22.9 Å². The highest BCUT2D eigenvalue weighted by molar-refractivity contribution is 9.09. The van der Waals surface area contributed by atoms with Gasteiger partial charge in [0.1, 0.15) is 5.75 Å². The van der Waals surface area contributed by atoms with Crippen LogP contribution in [0.15, 0.2) is 24.3 Å². The first-order chi connectivity index (χ1) is 6.72. The Bertz CT molecular complexity index is 297. The third-order valence-electron chi connectivity index (χ3n) is 1.79. The number of hydrogen-bond acceptors (Lipinski definition) is 2. The Morgan fingerprint density at radius 2 is 2.00 bits per heavy atom. The van der Waals surface area contributed by atoms with Crippen LogP contribution in [0.3, 0.4) is 0 Å². The quantitative estimate of drug-likeness (QED) is 0.803. The zero-order valence-corrected chi connectivity index (χ0v) is 9.25. The molecule has 0 bridgehead atoms. The molecule has 1 aromatic rings. The summed E-state index contributed by atoms with van der Waals surface area (Å²) in [6.45, 7) is 0.620. The van der Waals surface area contributed by atoms with E-state index in [-0.39, 0.29) is 11.7 Å². The van der Waals surface area contributed by atoms with Gasteiger partial charge in [-0.1, -0.05) is 28.1 Å². The first kappa shape index (κ1) is 11.0. The van der Waals surface area contributed by atoms with Crippen LogP contribution in [0.4, 0.5) is 0 Å². The van der Waals surface area contributed by atoms with Crippen molar-refractivity contribution in [2.75, 3.05) is 11.9 Å². The summed E-state index contributed by atoms with van der Waals surface area (Å²) in [5.74, 6) is 0.252. The van der Waals surface area contributed by atoms with Crippen molar-refractivity contribution >= 4 is 21.8 Å². The Morgan fingerprint density at radius 1 is 1.36 bits per heavy atom. The maximum atomic E-state index is 10.9. The Kier molecular flexibility index (Phi) is 4.46. The van der Waals surface area contributed by atoms with E-state index in [1.165, 1.54) is 0 Å². The molecule has 0 fully saturated rings. The third-order valence-corrected chi connectivity index (χ3v) is 2.30. The van der Waals surface area contributed by atoms with Crippen molar-refractivity contribution in [3.8, 4) is 5.75 Å². The molecule has 1 aromatic carbocycles. The minimum atomic E-state index is -0.0104. The molecule has 0 saturated carbocycles. The summed E-state index contributed by atoms with van der Waals surface area (Å²) in [5.41, 5.74) is 1.10. The summed E-state index contributed by atoms with van der Waals surface area (Å²) < 4.78 is 0. The van der Waals surface area contributed by atoms with Crippen LogP contribution in [0.5, 0.6) is 5.75 Å². The molecular formula is C10H12BrNO2. The lowest BCUT2D eigenvalue weighted by Gasteiger charge is -2.03. The fourth-order valence-electron chi connectivity index (χ4n) is 1.06. The molecule has 2 N–H and O–H groups in total. The molecule has 14 heavy (non-hydrogen) atoms. The van der Waals surface area contributed by atoms with E-state index in [2.05, 4.69) is 21.2 Å². The van der Waals surface area contributed by atoms with Crippen LogP contribution in [0.25, 0.3) is 0 Å². The van der Waals surface area contributed by atoms with Gasteiger partial charge in [0.05, 0.1) is 5.33 Å². The summed E-state index contributed by atoms with van der Waals surface area (Å²) in [6.07, 6.45) is 0.777. The normalized spacial score (nSPS) is 9.79. The molecule has 0 spiro atoms. The number of hydrogen-bond donors (Lipinski definition) is 2. The van der Waals surface area contributed by atoms with Gasteiger partial charge in [0.15, 0.2) is 0 Å². The second kappa shape index (κ2) is 5.65. The summed E-state index contributed by atoms with van der Waals surface area (Å²) in [4.78, 5) is 10.9. The SMILES string of the molecule is O=C(CBr)NCCc1ccc(O)cc1. The molecule has 76 valence electrons. The summed E-state index contributed by atoms with van der Waals surface area (Å²) in [6, 6.07) is 6.97. The van der Waals surface area contributed by atoms with Gasteiger partial charge in [0, 0.05) is 6.54 Å². The molecular weight excluding hydrogens is 246 g/mol. The molecule has 4 heteroatoms. The molecule has 0 atom stereocenters. The number of phenols is 1. The van der Waals surface area contributed by atoms with Gasteiger partial charge < -0.3 is 10.4 Å². The van der Waals surface area contributed by atoms with Crippen LogP contribution >= 0.6 is 15.9 Å². The van der Waals surface area contributed by atoms with Crippen molar-refractivity contribution in [1.82, 2.24) is 5.32 Å². The Labute approximate surface area is 91.3 Å². The van der Waals surface area contributed by atoms with Gasteiger partial charge in [0.25, 0.3) is 0 Å². The second-order valence-electron chi connectivity index (χ2n) is 2.90. The van der Waals surface area contributed by atoms with E-state index in [1.54, 1.807) is 12.1 Å². The fourth-order valence-corrected chi connectivity index (χ4v) is 1.25. The van der Waals surface area contributed by atoms with E-state index in [1.807, 2.05) is 12.1 Å². The average molecular weight is 258 g/mol. The molecule has 0 aliphatic carbocycles. The smallest absolute Gasteiger partial charge is 0.230 e. The molecule has 0 aliphatic heterocycles. The average Bonchev–Trinajstić information content (AvgIpc) is 2.21. The molecule has 1 rings (SSSR count). The number of amides is 1. The maximum absolute atomic E-state index is 10.9. The van der Waals surface area contributed by atoms with Crippen LogP contribution in [-0.2, 0) is 11.2 Å². The van der Waals surface area contributed by atoms with E-state index >= 15 is 0 Å². The fraction of sp³-hybridized carbons (Fsp3) is 0.300. The number of carbonyl (C=O) groups excluding carboxylic acids is 1. The van der Waals surface area contributed by atoms with Gasteiger partial charge in [-0.25, -0.2) is 0 Å². The molecule has 3 nitrogen and oxygen atoms in total. The Hall–Kier alpha value is -1.03. The third kappa shape index (κ3) is 3.79. The van der Waals surface area contributed by atoms with E-state index in [4.69, 9.17) is 5.11 Å². The number of rotatable bonds is 4. The molecule has 0 aromatic heterocycles. The molecule has 0 saturated heterocycles. The number of halogens is 1. The van der Waals surface area contributed by atoms with Crippen molar-refractivity contribution in [1.29, 1.82) is 0 Å². The molecule has 0 heterocycles. The first-order valence-electron chi connectivity index (χ1n) is 4.33. The molecule has 0 aliphatic rings. The second-order valence-corrected chi connectivity index (χ2v) is 3.46. The van der Waals surface area contributed by atoms with Crippen LogP contribution in [0.2, 0.25) is 0 Å². The minimum Gasteiger partial charge on any atom is -0.508 e. The van der Waals surface area contributed by atoms with E-state index in [0.29, 0.717) is 11.9 Å². The van der Waals surface area contributed by atoms with Gasteiger partial charge in [-0.15, -0.1) is 0 Å². The van der Waals surface area contributed by atoms with Gasteiger partial charge >= 0.3 is 0 Å². The van der Waals surface area contributed by atoms with E-state index in [9.17, 15) is 4.79 Å². The molecule has 1 amide bonds. The number of alkyl halides is 1. The lowest BCUT2D eigenvalue weighted by atomic mass is 10.1. The highest BCUT2D eigenvalue weighted by atomic mass is 79.9. The predicted molar refractivity (Wildman–Crippen MR) is 58.6 cm³/mol. The number of benzene rings is 1. The van der Waals surface area contributed by atoms with Crippen LogP contribution in [0, 0.1) is 0 Å². The topological polar surface area (TPSA) is 49.3 Å². The number of nitrogens with one attached hydrogen (secondary N) is 1. The number of carbonyl (C=O) groups is 1. The van der Waals surface area contributed by atoms with Crippen molar-refractivity contribution in [3.05, 3.63) is 29.8 Å². The number of phenolic OH excluding ortho intramolecular Hbond substituents is 1. The van der Waals surface area contributed by atoms with Gasteiger partial charge in [-0.05, 0) is 24.1 Å². The monoisotopic (exact) mass is 257 g/mol. The van der Waals surface area contributed by atoms with Gasteiger partial charge in [-0.2, -0.15) is 0 Å². The van der Waals surface area contributed by atoms with Gasteiger partial charge in [0.2, 0.25) is 5.91 Å². The predicted octanol–water partition coefficient (Wildman–Crippen LogP) is 1.45.